The summed E-state index contributed by atoms with van der Waals surface area (Å²) in [5, 5.41) is 9.60. The number of carbonyl (C=O) groups excluding carboxylic acids is 1. The van der Waals surface area contributed by atoms with E-state index in [2.05, 4.69) is 15.2 Å². The number of thiazole rings is 1. The Balaban J connectivity index is 0.00000132. The topological polar surface area (TPSA) is 87.9 Å². The maximum absolute atomic E-state index is 12.7. The highest BCUT2D eigenvalue weighted by molar-refractivity contribution is 7.09. The molecule has 0 aromatic carbocycles. The first-order valence-electron chi connectivity index (χ1n) is 7.23. The molecule has 0 spiro atoms. The minimum atomic E-state index is 0. The second-order valence-electron chi connectivity index (χ2n) is 5.21. The molecule has 1 saturated heterocycles. The predicted octanol–water partition coefficient (Wildman–Crippen LogP) is 2.58. The molecule has 1 fully saturated rings. The Labute approximate surface area is 151 Å². The molecule has 0 bridgehead atoms. The van der Waals surface area contributed by atoms with Crippen molar-refractivity contribution in [3.05, 3.63) is 34.0 Å². The lowest BCUT2D eigenvalue weighted by Crippen LogP contribution is -2.38. The van der Waals surface area contributed by atoms with Gasteiger partial charge in [-0.25, -0.2) is 4.98 Å². The Bertz CT molecular complexity index is 604. The molecule has 0 aliphatic carbocycles. The molecule has 9 heteroatoms. The van der Waals surface area contributed by atoms with E-state index in [-0.39, 0.29) is 36.8 Å². The van der Waals surface area contributed by atoms with Crippen LogP contribution in [0.2, 0.25) is 0 Å². The second kappa shape index (κ2) is 9.22. The molecular formula is C14H21Cl2N5OS. The largest absolute Gasteiger partial charge is 0.330 e. The minimum Gasteiger partial charge on any atom is -0.330 e. The summed E-state index contributed by atoms with van der Waals surface area (Å²) in [5.41, 5.74) is 7.15. The first kappa shape index (κ1) is 19.9. The standard InChI is InChI=1S/C14H19N5OS.2ClH/c15-5-4-13-18-11(9-21-13)14(20)19-6-2-1-3-12(19)10-7-16-17-8-10;;/h7-9,12H,1-6,15H2,(H,16,17);2*1H. The summed E-state index contributed by atoms with van der Waals surface area (Å²) < 4.78 is 0. The van der Waals surface area contributed by atoms with E-state index < -0.39 is 0 Å². The van der Waals surface area contributed by atoms with E-state index in [0.29, 0.717) is 12.2 Å². The van der Waals surface area contributed by atoms with Crippen molar-refractivity contribution in [2.45, 2.75) is 31.7 Å². The number of hydrogen-bond acceptors (Lipinski definition) is 5. The van der Waals surface area contributed by atoms with Gasteiger partial charge in [-0.05, 0) is 25.8 Å². The van der Waals surface area contributed by atoms with Gasteiger partial charge in [0.05, 0.1) is 17.2 Å². The van der Waals surface area contributed by atoms with Crippen LogP contribution in [0.4, 0.5) is 0 Å². The third-order valence-corrected chi connectivity index (χ3v) is 4.71. The van der Waals surface area contributed by atoms with Gasteiger partial charge < -0.3 is 10.6 Å². The van der Waals surface area contributed by atoms with Gasteiger partial charge in [0, 0.05) is 30.1 Å². The van der Waals surface area contributed by atoms with E-state index in [1.54, 1.807) is 6.20 Å². The van der Waals surface area contributed by atoms with Gasteiger partial charge in [-0.1, -0.05) is 0 Å². The fourth-order valence-electron chi connectivity index (χ4n) is 2.76. The number of amides is 1. The van der Waals surface area contributed by atoms with E-state index in [1.165, 1.54) is 11.3 Å². The number of aromatic nitrogens is 3. The number of halogens is 2. The molecule has 1 aliphatic heterocycles. The normalized spacial score (nSPS) is 17.3. The predicted molar refractivity (Wildman–Crippen MR) is 95.6 cm³/mol. The zero-order valence-electron chi connectivity index (χ0n) is 12.6. The second-order valence-corrected chi connectivity index (χ2v) is 6.15. The monoisotopic (exact) mass is 377 g/mol. The lowest BCUT2D eigenvalue weighted by molar-refractivity contribution is 0.0606. The zero-order chi connectivity index (χ0) is 14.7. The molecule has 3 heterocycles. The molecule has 1 aliphatic rings. The third-order valence-electron chi connectivity index (χ3n) is 3.80. The fourth-order valence-corrected chi connectivity index (χ4v) is 3.55. The Morgan fingerprint density at radius 2 is 2.26 bits per heavy atom. The molecule has 1 atom stereocenters. The van der Waals surface area contributed by atoms with Crippen LogP contribution in [-0.4, -0.2) is 39.1 Å². The van der Waals surface area contributed by atoms with Gasteiger partial charge >= 0.3 is 0 Å². The first-order chi connectivity index (χ1) is 10.3. The van der Waals surface area contributed by atoms with Crippen LogP contribution in [-0.2, 0) is 6.42 Å². The Morgan fingerprint density at radius 1 is 1.43 bits per heavy atom. The molecule has 23 heavy (non-hydrogen) atoms. The number of hydrogen-bond donors (Lipinski definition) is 2. The number of H-pyrrole nitrogens is 1. The van der Waals surface area contributed by atoms with Crippen molar-refractivity contribution < 1.29 is 4.79 Å². The van der Waals surface area contributed by atoms with Gasteiger partial charge in [0.2, 0.25) is 0 Å². The molecule has 2 aromatic heterocycles. The number of rotatable bonds is 4. The molecular weight excluding hydrogens is 357 g/mol. The van der Waals surface area contributed by atoms with Crippen molar-refractivity contribution >= 4 is 42.1 Å². The van der Waals surface area contributed by atoms with E-state index >= 15 is 0 Å². The van der Waals surface area contributed by atoms with Crippen molar-refractivity contribution in [3.63, 3.8) is 0 Å². The quantitative estimate of drug-likeness (QED) is 0.856. The highest BCUT2D eigenvalue weighted by atomic mass is 35.5. The van der Waals surface area contributed by atoms with Crippen molar-refractivity contribution in [2.24, 2.45) is 5.73 Å². The Hall–Kier alpha value is -1.15. The first-order valence-corrected chi connectivity index (χ1v) is 8.11. The van der Waals surface area contributed by atoms with Gasteiger partial charge in [0.15, 0.2) is 0 Å². The molecule has 1 amide bonds. The smallest absolute Gasteiger partial charge is 0.273 e. The highest BCUT2D eigenvalue weighted by Crippen LogP contribution is 2.31. The van der Waals surface area contributed by atoms with Gasteiger partial charge in [-0.2, -0.15) is 5.10 Å². The number of likely N-dealkylation sites (tertiary alicyclic amines) is 1. The van der Waals surface area contributed by atoms with Crippen molar-refractivity contribution in [3.8, 4) is 0 Å². The molecule has 6 nitrogen and oxygen atoms in total. The molecule has 0 radical (unpaired) electrons. The van der Waals surface area contributed by atoms with Crippen LogP contribution in [0.3, 0.4) is 0 Å². The van der Waals surface area contributed by atoms with E-state index in [9.17, 15) is 4.79 Å². The number of nitrogens with two attached hydrogens (primary N) is 1. The summed E-state index contributed by atoms with van der Waals surface area (Å²) in [4.78, 5) is 19.1. The number of nitrogens with one attached hydrogen (secondary N) is 1. The molecule has 1 unspecified atom stereocenters. The maximum atomic E-state index is 12.7. The lowest BCUT2D eigenvalue weighted by Gasteiger charge is -2.34. The molecule has 2 aromatic rings. The summed E-state index contributed by atoms with van der Waals surface area (Å²) in [6, 6.07) is 0.102. The van der Waals surface area contributed by atoms with E-state index in [1.807, 2.05) is 16.5 Å². The van der Waals surface area contributed by atoms with Crippen LogP contribution in [0.25, 0.3) is 0 Å². The molecule has 0 saturated carbocycles. The van der Waals surface area contributed by atoms with Crippen LogP contribution >= 0.6 is 36.2 Å². The van der Waals surface area contributed by atoms with Gasteiger partial charge in [0.1, 0.15) is 5.69 Å². The van der Waals surface area contributed by atoms with Crippen LogP contribution in [0, 0.1) is 0 Å². The van der Waals surface area contributed by atoms with E-state index in [4.69, 9.17) is 5.73 Å². The van der Waals surface area contributed by atoms with Crippen LogP contribution in [0.5, 0.6) is 0 Å². The Kier molecular flexibility index (Phi) is 7.98. The summed E-state index contributed by atoms with van der Waals surface area (Å²) in [5.74, 6) is 0.0143. The molecule has 3 N–H and O–H groups in total. The minimum absolute atomic E-state index is 0. The molecule has 128 valence electrons. The highest BCUT2D eigenvalue weighted by Gasteiger charge is 2.30. The third kappa shape index (κ3) is 4.44. The SMILES string of the molecule is Cl.Cl.NCCc1nc(C(=O)N2CCCCC2c2cn[nH]c2)cs1. The van der Waals surface area contributed by atoms with Crippen LogP contribution < -0.4 is 5.73 Å². The van der Waals surface area contributed by atoms with E-state index in [0.717, 1.165) is 42.8 Å². The number of aromatic amines is 1. The van der Waals surface area contributed by atoms with Crippen molar-refractivity contribution in [2.75, 3.05) is 13.1 Å². The van der Waals surface area contributed by atoms with Gasteiger partial charge in [-0.15, -0.1) is 36.2 Å². The number of carbonyl (C=O) groups is 1. The fraction of sp³-hybridized carbons (Fsp3) is 0.500. The maximum Gasteiger partial charge on any atom is 0.273 e. The van der Waals surface area contributed by atoms with Crippen LogP contribution in [0.1, 0.15) is 46.4 Å². The average Bonchev–Trinajstić information content (AvgIpc) is 3.18. The van der Waals surface area contributed by atoms with Gasteiger partial charge in [0.25, 0.3) is 5.91 Å². The van der Waals surface area contributed by atoms with Crippen molar-refractivity contribution in [1.82, 2.24) is 20.1 Å². The van der Waals surface area contributed by atoms with Gasteiger partial charge in [-0.3, -0.25) is 9.89 Å². The lowest BCUT2D eigenvalue weighted by atomic mass is 9.97. The van der Waals surface area contributed by atoms with Crippen molar-refractivity contribution in [1.29, 1.82) is 0 Å². The number of piperidine rings is 1. The zero-order valence-corrected chi connectivity index (χ0v) is 15.1. The average molecular weight is 378 g/mol. The number of nitrogens with zero attached hydrogens (tertiary/aromatic N) is 3. The summed E-state index contributed by atoms with van der Waals surface area (Å²) in [6.45, 7) is 1.33. The summed E-state index contributed by atoms with van der Waals surface area (Å²) in [6.07, 6.45) is 7.55. The summed E-state index contributed by atoms with van der Waals surface area (Å²) >= 11 is 1.51. The Morgan fingerprint density at radius 3 is 2.96 bits per heavy atom. The summed E-state index contributed by atoms with van der Waals surface area (Å²) in [7, 11) is 0. The molecule has 3 rings (SSSR count). The van der Waals surface area contributed by atoms with Crippen LogP contribution in [0.15, 0.2) is 17.8 Å².